The van der Waals surface area contributed by atoms with Crippen LogP contribution >= 0.6 is 34.3 Å². The lowest BCUT2D eigenvalue weighted by Gasteiger charge is -2.06. The Bertz CT molecular complexity index is 655. The molecule has 1 nitrogen and oxygen atoms in total. The Kier molecular flexibility index (Phi) is 3.20. The van der Waals surface area contributed by atoms with Crippen LogP contribution in [0.1, 0.15) is 20.6 Å². The van der Waals surface area contributed by atoms with Gasteiger partial charge in [-0.2, -0.15) is 0 Å². The summed E-state index contributed by atoms with van der Waals surface area (Å²) in [7, 11) is 0. The number of ketones is 1. The van der Waals surface area contributed by atoms with Gasteiger partial charge in [0.05, 0.1) is 4.88 Å². The van der Waals surface area contributed by atoms with E-state index in [2.05, 4.69) is 0 Å². The molecule has 0 radical (unpaired) electrons. The molecular weight excluding hydrogens is 284 g/mol. The highest BCUT2D eigenvalue weighted by Crippen LogP contribution is 2.34. The Hall–Kier alpha value is -1.16. The summed E-state index contributed by atoms with van der Waals surface area (Å²) in [6, 6.07) is 13.4. The molecule has 0 amide bonds. The van der Waals surface area contributed by atoms with Crippen LogP contribution in [0.5, 0.6) is 0 Å². The largest absolute Gasteiger partial charge is 0.291 e. The number of thiophene rings is 2. The Balaban J connectivity index is 1.93. The van der Waals surface area contributed by atoms with Gasteiger partial charge in [-0.3, -0.25) is 4.79 Å². The number of alkyl halides is 1. The number of carbonyl (C=O) groups is 1. The predicted molar refractivity (Wildman–Crippen MR) is 79.1 cm³/mol. The lowest BCUT2D eigenvalue weighted by molar-refractivity contribution is 0.0991. The van der Waals surface area contributed by atoms with Crippen molar-refractivity contribution in [1.29, 1.82) is 0 Å². The highest BCUT2D eigenvalue weighted by molar-refractivity contribution is 7.27. The van der Waals surface area contributed by atoms with Crippen LogP contribution in [-0.2, 0) is 0 Å². The van der Waals surface area contributed by atoms with Crippen molar-refractivity contribution in [1.82, 2.24) is 0 Å². The van der Waals surface area contributed by atoms with Gasteiger partial charge in [0.15, 0.2) is 5.78 Å². The van der Waals surface area contributed by atoms with Gasteiger partial charge in [-0.25, -0.2) is 0 Å². The maximum Gasteiger partial charge on any atom is 0.195 e. The van der Waals surface area contributed by atoms with Gasteiger partial charge in [0.1, 0.15) is 5.38 Å². The molecule has 0 aliphatic rings. The summed E-state index contributed by atoms with van der Waals surface area (Å²) in [5, 5.41) is 1.43. The third-order valence-electron chi connectivity index (χ3n) is 2.70. The van der Waals surface area contributed by atoms with E-state index in [9.17, 15) is 4.79 Å². The molecule has 1 atom stereocenters. The molecule has 0 N–H and O–H groups in total. The zero-order valence-corrected chi connectivity index (χ0v) is 11.7. The Morgan fingerprint density at radius 3 is 2.61 bits per heavy atom. The Labute approximate surface area is 118 Å². The van der Waals surface area contributed by atoms with Crippen molar-refractivity contribution in [2.75, 3.05) is 0 Å². The normalized spacial score (nSPS) is 12.7. The summed E-state index contributed by atoms with van der Waals surface area (Å²) in [6.45, 7) is 0. The molecule has 0 aliphatic carbocycles. The molecule has 0 spiro atoms. The second-order valence-electron chi connectivity index (χ2n) is 3.90. The van der Waals surface area contributed by atoms with Crippen molar-refractivity contribution in [2.24, 2.45) is 0 Å². The minimum atomic E-state index is -0.598. The molecule has 3 rings (SSSR count). The molecular formula is C14H9ClOS2. The quantitative estimate of drug-likeness (QED) is 0.483. The summed E-state index contributed by atoms with van der Waals surface area (Å²) in [5.41, 5.74) is 0.848. The molecule has 0 saturated heterocycles. The van der Waals surface area contributed by atoms with Crippen LogP contribution in [0.3, 0.4) is 0 Å². The molecule has 0 fully saturated rings. The molecule has 0 aliphatic heterocycles. The van der Waals surface area contributed by atoms with E-state index < -0.39 is 5.38 Å². The second-order valence-corrected chi connectivity index (χ2v) is 6.37. The lowest BCUT2D eigenvalue weighted by Crippen LogP contribution is -2.05. The molecule has 1 aromatic carbocycles. The Morgan fingerprint density at radius 2 is 1.89 bits per heavy atom. The van der Waals surface area contributed by atoms with Crippen molar-refractivity contribution in [3.05, 3.63) is 58.3 Å². The SMILES string of the molecule is O=C(c1cc2sccc2s1)C(Cl)c1ccccc1. The van der Waals surface area contributed by atoms with Gasteiger partial charge in [0.2, 0.25) is 0 Å². The van der Waals surface area contributed by atoms with Crippen molar-refractivity contribution in [3.8, 4) is 0 Å². The third-order valence-corrected chi connectivity index (χ3v) is 5.26. The highest BCUT2D eigenvalue weighted by atomic mass is 35.5. The van der Waals surface area contributed by atoms with Crippen LogP contribution in [0.2, 0.25) is 0 Å². The maximum absolute atomic E-state index is 12.3. The fraction of sp³-hybridized carbons (Fsp3) is 0.0714. The number of carbonyl (C=O) groups excluding carboxylic acids is 1. The number of fused-ring (bicyclic) bond motifs is 1. The molecule has 2 heterocycles. The van der Waals surface area contributed by atoms with Crippen LogP contribution in [0, 0.1) is 0 Å². The standard InChI is InChI=1S/C14H9ClOS2/c15-13(9-4-2-1-3-5-9)14(16)12-8-11-10(18-12)6-7-17-11/h1-8,13H. The van der Waals surface area contributed by atoms with Crippen molar-refractivity contribution in [2.45, 2.75) is 5.38 Å². The first-order chi connectivity index (χ1) is 8.75. The van der Waals surface area contributed by atoms with Crippen molar-refractivity contribution < 1.29 is 4.79 Å². The van der Waals surface area contributed by atoms with Gasteiger partial charge >= 0.3 is 0 Å². The molecule has 0 saturated carbocycles. The zero-order chi connectivity index (χ0) is 12.5. The number of benzene rings is 1. The first-order valence-corrected chi connectivity index (χ1v) is 7.59. The van der Waals surface area contributed by atoms with Crippen molar-refractivity contribution >= 4 is 49.5 Å². The molecule has 3 aromatic rings. The molecule has 1 unspecified atom stereocenters. The van der Waals surface area contributed by atoms with E-state index >= 15 is 0 Å². The zero-order valence-electron chi connectivity index (χ0n) is 9.30. The molecule has 4 heteroatoms. The fourth-order valence-corrected chi connectivity index (χ4v) is 4.19. The topological polar surface area (TPSA) is 17.1 Å². The average Bonchev–Trinajstić information content (AvgIpc) is 2.99. The summed E-state index contributed by atoms with van der Waals surface area (Å²) in [4.78, 5) is 13.0. The second kappa shape index (κ2) is 4.84. The van der Waals surface area contributed by atoms with Crippen LogP contribution in [-0.4, -0.2) is 5.78 Å². The molecule has 2 aromatic heterocycles. The summed E-state index contributed by atoms with van der Waals surface area (Å²) in [5.74, 6) is -0.0173. The average molecular weight is 293 g/mol. The number of halogens is 1. The first kappa shape index (κ1) is 11.9. The monoisotopic (exact) mass is 292 g/mol. The number of rotatable bonds is 3. The van der Waals surface area contributed by atoms with Crippen LogP contribution in [0.4, 0.5) is 0 Å². The minimum Gasteiger partial charge on any atom is -0.291 e. The van der Waals surface area contributed by atoms with Crippen LogP contribution < -0.4 is 0 Å². The number of hydrogen-bond donors (Lipinski definition) is 0. The van der Waals surface area contributed by atoms with Crippen molar-refractivity contribution in [3.63, 3.8) is 0 Å². The highest BCUT2D eigenvalue weighted by Gasteiger charge is 2.21. The van der Waals surface area contributed by atoms with E-state index in [1.54, 1.807) is 11.3 Å². The number of hydrogen-bond acceptors (Lipinski definition) is 3. The van der Waals surface area contributed by atoms with Gasteiger partial charge in [0, 0.05) is 9.40 Å². The summed E-state index contributed by atoms with van der Waals surface area (Å²) < 4.78 is 2.31. The van der Waals surface area contributed by atoms with Gasteiger partial charge in [-0.1, -0.05) is 30.3 Å². The van der Waals surface area contributed by atoms with E-state index in [0.717, 1.165) is 19.8 Å². The molecule has 0 bridgehead atoms. The fourth-order valence-electron chi connectivity index (χ4n) is 1.79. The van der Waals surface area contributed by atoms with E-state index in [0.29, 0.717) is 0 Å². The maximum atomic E-state index is 12.3. The predicted octanol–water partition coefficient (Wildman–Crippen LogP) is 5.13. The molecule has 18 heavy (non-hydrogen) atoms. The smallest absolute Gasteiger partial charge is 0.195 e. The van der Waals surface area contributed by atoms with E-state index in [1.807, 2.05) is 47.8 Å². The van der Waals surface area contributed by atoms with E-state index in [-0.39, 0.29) is 5.78 Å². The molecule has 90 valence electrons. The Morgan fingerprint density at radius 1 is 1.11 bits per heavy atom. The lowest BCUT2D eigenvalue weighted by atomic mass is 10.1. The number of Topliss-reactive ketones (excluding diaryl/α,β-unsaturated/α-hetero) is 1. The van der Waals surface area contributed by atoms with Gasteiger partial charge in [-0.15, -0.1) is 34.3 Å². The summed E-state index contributed by atoms with van der Waals surface area (Å²) in [6.07, 6.45) is 0. The van der Waals surface area contributed by atoms with E-state index in [1.165, 1.54) is 11.3 Å². The van der Waals surface area contributed by atoms with Gasteiger partial charge < -0.3 is 0 Å². The minimum absolute atomic E-state index is 0.0173. The van der Waals surface area contributed by atoms with E-state index in [4.69, 9.17) is 11.6 Å². The van der Waals surface area contributed by atoms with Crippen LogP contribution in [0.15, 0.2) is 47.8 Å². The van der Waals surface area contributed by atoms with Gasteiger partial charge in [0.25, 0.3) is 0 Å². The third kappa shape index (κ3) is 2.09. The first-order valence-electron chi connectivity index (χ1n) is 5.46. The summed E-state index contributed by atoms with van der Waals surface area (Å²) >= 11 is 9.41. The van der Waals surface area contributed by atoms with Crippen LogP contribution in [0.25, 0.3) is 9.40 Å². The van der Waals surface area contributed by atoms with Gasteiger partial charge in [-0.05, 0) is 23.1 Å².